The predicted molar refractivity (Wildman–Crippen MR) is 62.4 cm³/mol. The van der Waals surface area contributed by atoms with Crippen LogP contribution in [0.5, 0.6) is 0 Å². The lowest BCUT2D eigenvalue weighted by atomic mass is 10.1. The van der Waals surface area contributed by atoms with Gasteiger partial charge in [0, 0.05) is 23.6 Å². The van der Waals surface area contributed by atoms with Crippen LogP contribution in [0.4, 0.5) is 5.69 Å². The van der Waals surface area contributed by atoms with Gasteiger partial charge in [-0.05, 0) is 25.1 Å². The molecular formula is C13H12N2O. The number of anilines is 1. The van der Waals surface area contributed by atoms with Crippen LogP contribution in [0, 0.1) is 6.92 Å². The minimum absolute atomic E-state index is 0.0387. The highest BCUT2D eigenvalue weighted by Gasteiger charge is 2.31. The quantitative estimate of drug-likeness (QED) is 0.773. The lowest BCUT2D eigenvalue weighted by molar-refractivity contribution is -0.117. The van der Waals surface area contributed by atoms with Crippen molar-refractivity contribution in [1.29, 1.82) is 0 Å². The van der Waals surface area contributed by atoms with Gasteiger partial charge in [-0.1, -0.05) is 17.7 Å². The Hall–Kier alpha value is -2.03. The fourth-order valence-electron chi connectivity index (χ4n) is 2.18. The highest BCUT2D eigenvalue weighted by Crippen LogP contribution is 2.34. The average molecular weight is 212 g/mol. The summed E-state index contributed by atoms with van der Waals surface area (Å²) in [7, 11) is 0. The van der Waals surface area contributed by atoms with Crippen LogP contribution in [0.1, 0.15) is 17.2 Å². The van der Waals surface area contributed by atoms with E-state index in [9.17, 15) is 4.79 Å². The highest BCUT2D eigenvalue weighted by molar-refractivity contribution is 6.02. The maximum atomic E-state index is 11.9. The molecule has 1 aromatic carbocycles. The summed E-state index contributed by atoms with van der Waals surface area (Å²) in [5, 5.41) is 2.90. The second-order valence-corrected chi connectivity index (χ2v) is 4.11. The molecule has 1 aromatic heterocycles. The van der Waals surface area contributed by atoms with Crippen LogP contribution in [0.3, 0.4) is 0 Å². The monoisotopic (exact) mass is 212 g/mol. The molecule has 1 aliphatic heterocycles. The first kappa shape index (κ1) is 9.21. The van der Waals surface area contributed by atoms with Crippen LogP contribution >= 0.6 is 0 Å². The summed E-state index contributed by atoms with van der Waals surface area (Å²) >= 11 is 0. The van der Waals surface area contributed by atoms with Crippen LogP contribution in [-0.2, 0) is 4.79 Å². The molecule has 3 rings (SSSR count). The Morgan fingerprint density at radius 3 is 2.75 bits per heavy atom. The van der Waals surface area contributed by atoms with E-state index < -0.39 is 0 Å². The van der Waals surface area contributed by atoms with Crippen molar-refractivity contribution in [3.8, 4) is 0 Å². The van der Waals surface area contributed by atoms with Crippen molar-refractivity contribution in [2.45, 2.75) is 13.0 Å². The smallest absolute Gasteiger partial charge is 0.252 e. The molecule has 0 radical (unpaired) electrons. The molecule has 1 aliphatic rings. The summed E-state index contributed by atoms with van der Waals surface area (Å²) in [6.07, 6.45) is 3.84. The van der Waals surface area contributed by atoms with Crippen molar-refractivity contribution in [3.05, 3.63) is 53.9 Å². The standard InChI is InChI=1S/C13H12N2O/c1-9-4-5-11-10(8-9)12(13(16)14-11)15-6-2-3-7-15/h2-8,12H,1H3,(H,14,16). The second-order valence-electron chi connectivity index (χ2n) is 4.11. The Labute approximate surface area is 93.7 Å². The third-order valence-corrected chi connectivity index (χ3v) is 2.93. The number of nitrogens with one attached hydrogen (secondary N) is 1. The van der Waals surface area contributed by atoms with Crippen LogP contribution in [0.15, 0.2) is 42.7 Å². The van der Waals surface area contributed by atoms with Gasteiger partial charge in [0.15, 0.2) is 0 Å². The summed E-state index contributed by atoms with van der Waals surface area (Å²) in [5.41, 5.74) is 3.16. The van der Waals surface area contributed by atoms with Crippen molar-refractivity contribution >= 4 is 11.6 Å². The predicted octanol–water partition coefficient (Wildman–Crippen LogP) is 2.34. The van der Waals surface area contributed by atoms with Gasteiger partial charge in [0.05, 0.1) is 0 Å². The molecule has 3 heteroatoms. The van der Waals surface area contributed by atoms with E-state index in [4.69, 9.17) is 0 Å². The van der Waals surface area contributed by atoms with E-state index in [0.717, 1.165) is 11.3 Å². The highest BCUT2D eigenvalue weighted by atomic mass is 16.2. The van der Waals surface area contributed by atoms with E-state index in [1.807, 2.05) is 48.1 Å². The number of benzene rings is 1. The van der Waals surface area contributed by atoms with Gasteiger partial charge in [0.25, 0.3) is 5.91 Å². The minimum Gasteiger partial charge on any atom is -0.338 e. The van der Waals surface area contributed by atoms with E-state index in [1.165, 1.54) is 5.56 Å². The van der Waals surface area contributed by atoms with Crippen molar-refractivity contribution < 1.29 is 4.79 Å². The number of rotatable bonds is 1. The number of hydrogen-bond donors (Lipinski definition) is 1. The van der Waals surface area contributed by atoms with Crippen molar-refractivity contribution in [3.63, 3.8) is 0 Å². The molecule has 1 atom stereocenters. The van der Waals surface area contributed by atoms with E-state index in [2.05, 4.69) is 11.4 Å². The largest absolute Gasteiger partial charge is 0.338 e. The maximum absolute atomic E-state index is 11.9. The van der Waals surface area contributed by atoms with Gasteiger partial charge in [-0.3, -0.25) is 4.79 Å². The Balaban J connectivity index is 2.15. The first-order chi connectivity index (χ1) is 7.75. The number of fused-ring (bicyclic) bond motifs is 1. The summed E-state index contributed by atoms with van der Waals surface area (Å²) in [5.74, 6) is 0.0387. The van der Waals surface area contributed by atoms with E-state index >= 15 is 0 Å². The van der Waals surface area contributed by atoms with Gasteiger partial charge in [-0.2, -0.15) is 0 Å². The number of carbonyl (C=O) groups excluding carboxylic acids is 1. The molecule has 80 valence electrons. The number of aryl methyl sites for hydroxylation is 1. The summed E-state index contributed by atoms with van der Waals surface area (Å²) in [6.45, 7) is 2.04. The number of carbonyl (C=O) groups is 1. The minimum atomic E-state index is -0.218. The van der Waals surface area contributed by atoms with Crippen LogP contribution in [0.2, 0.25) is 0 Å². The molecule has 0 spiro atoms. The Bertz CT molecular complexity index is 543. The van der Waals surface area contributed by atoms with Crippen LogP contribution in [-0.4, -0.2) is 10.5 Å². The number of amides is 1. The molecule has 1 unspecified atom stereocenters. The lowest BCUT2D eigenvalue weighted by Gasteiger charge is -2.11. The van der Waals surface area contributed by atoms with Crippen molar-refractivity contribution in [2.24, 2.45) is 0 Å². The number of hydrogen-bond acceptors (Lipinski definition) is 1. The van der Waals surface area contributed by atoms with Gasteiger partial charge in [-0.25, -0.2) is 0 Å². The summed E-state index contributed by atoms with van der Waals surface area (Å²) in [4.78, 5) is 11.9. The van der Waals surface area contributed by atoms with E-state index in [1.54, 1.807) is 0 Å². The zero-order valence-corrected chi connectivity index (χ0v) is 8.97. The van der Waals surface area contributed by atoms with Gasteiger partial charge >= 0.3 is 0 Å². The molecule has 0 saturated carbocycles. The molecule has 0 saturated heterocycles. The van der Waals surface area contributed by atoms with Gasteiger partial charge in [-0.15, -0.1) is 0 Å². The first-order valence-electron chi connectivity index (χ1n) is 5.29. The third-order valence-electron chi connectivity index (χ3n) is 2.93. The summed E-state index contributed by atoms with van der Waals surface area (Å²) < 4.78 is 1.93. The fourth-order valence-corrected chi connectivity index (χ4v) is 2.18. The molecular weight excluding hydrogens is 200 g/mol. The zero-order chi connectivity index (χ0) is 11.1. The Morgan fingerprint density at radius 2 is 2.00 bits per heavy atom. The normalized spacial score (nSPS) is 18.3. The van der Waals surface area contributed by atoms with Crippen LogP contribution in [0.25, 0.3) is 0 Å². The van der Waals surface area contributed by atoms with E-state index in [0.29, 0.717) is 0 Å². The second kappa shape index (κ2) is 3.23. The molecule has 3 nitrogen and oxygen atoms in total. The summed E-state index contributed by atoms with van der Waals surface area (Å²) in [6, 6.07) is 9.69. The number of nitrogens with zero attached hydrogens (tertiary/aromatic N) is 1. The van der Waals surface area contributed by atoms with Crippen molar-refractivity contribution in [2.75, 3.05) is 5.32 Å². The molecule has 0 bridgehead atoms. The van der Waals surface area contributed by atoms with Gasteiger partial charge in [0.1, 0.15) is 6.04 Å². The van der Waals surface area contributed by atoms with Gasteiger partial charge < -0.3 is 9.88 Å². The Morgan fingerprint density at radius 1 is 1.25 bits per heavy atom. The number of aromatic nitrogens is 1. The molecule has 1 amide bonds. The zero-order valence-electron chi connectivity index (χ0n) is 8.97. The topological polar surface area (TPSA) is 34.0 Å². The Kier molecular flexibility index (Phi) is 1.86. The fraction of sp³-hybridized carbons (Fsp3) is 0.154. The maximum Gasteiger partial charge on any atom is 0.252 e. The molecule has 2 heterocycles. The third kappa shape index (κ3) is 1.25. The molecule has 1 N–H and O–H groups in total. The van der Waals surface area contributed by atoms with Crippen LogP contribution < -0.4 is 5.32 Å². The van der Waals surface area contributed by atoms with Gasteiger partial charge in [0.2, 0.25) is 0 Å². The lowest BCUT2D eigenvalue weighted by Crippen LogP contribution is -2.18. The SMILES string of the molecule is Cc1ccc2c(c1)C(n1cccc1)C(=O)N2. The average Bonchev–Trinajstić information content (AvgIpc) is 2.83. The molecule has 0 fully saturated rings. The molecule has 0 aliphatic carbocycles. The molecule has 2 aromatic rings. The van der Waals surface area contributed by atoms with E-state index in [-0.39, 0.29) is 11.9 Å². The first-order valence-corrected chi connectivity index (χ1v) is 5.29. The molecule has 16 heavy (non-hydrogen) atoms. The van der Waals surface area contributed by atoms with Crippen molar-refractivity contribution in [1.82, 2.24) is 4.57 Å².